The molecule has 1 N–H and O–H groups in total. The molecule has 1 fully saturated rings. The number of methoxy groups -OCH3 is 2. The second kappa shape index (κ2) is 8.90. The second-order valence-corrected chi connectivity index (χ2v) is 7.52. The molecule has 1 saturated heterocycles. The average Bonchev–Trinajstić information content (AvgIpc) is 3.21. The molecule has 1 aromatic heterocycles. The van der Waals surface area contributed by atoms with Gasteiger partial charge in [-0.2, -0.15) is 0 Å². The summed E-state index contributed by atoms with van der Waals surface area (Å²) in [4.78, 5) is 27.9. The van der Waals surface area contributed by atoms with Crippen LogP contribution in [0.2, 0.25) is 0 Å². The summed E-state index contributed by atoms with van der Waals surface area (Å²) < 4.78 is 10.4. The van der Waals surface area contributed by atoms with Crippen LogP contribution < -0.4 is 14.8 Å². The number of likely N-dealkylation sites (tertiary alicyclic amines) is 1. The summed E-state index contributed by atoms with van der Waals surface area (Å²) in [5.41, 5.74) is 0.502. The molecule has 0 unspecified atom stereocenters. The van der Waals surface area contributed by atoms with E-state index in [-0.39, 0.29) is 17.9 Å². The third kappa shape index (κ3) is 5.01. The number of nitrogens with zero attached hydrogens (tertiary/aromatic N) is 1. The van der Waals surface area contributed by atoms with Gasteiger partial charge >= 0.3 is 0 Å². The van der Waals surface area contributed by atoms with Gasteiger partial charge in [-0.1, -0.05) is 6.07 Å². The Morgan fingerprint density at radius 1 is 1.15 bits per heavy atom. The first-order valence-corrected chi connectivity index (χ1v) is 9.81. The third-order valence-electron chi connectivity index (χ3n) is 4.70. The molecule has 0 aliphatic carbocycles. The summed E-state index contributed by atoms with van der Waals surface area (Å²) in [5.74, 6) is 1.15. The molecule has 7 heteroatoms. The zero-order valence-corrected chi connectivity index (χ0v) is 16.4. The summed E-state index contributed by atoms with van der Waals surface area (Å²) in [6.45, 7) is 1.33. The number of benzene rings is 1. The van der Waals surface area contributed by atoms with E-state index in [4.69, 9.17) is 9.47 Å². The summed E-state index contributed by atoms with van der Waals surface area (Å²) in [5, 5.41) is 5.04. The SMILES string of the molecule is COc1cc(OC)cc(C(=O)NC2CCN(C(=O)Cc3cccs3)CC2)c1. The highest BCUT2D eigenvalue weighted by Gasteiger charge is 2.24. The van der Waals surface area contributed by atoms with Gasteiger partial charge in [0, 0.05) is 35.6 Å². The molecular formula is C20H24N2O4S. The highest BCUT2D eigenvalue weighted by atomic mass is 32.1. The first-order chi connectivity index (χ1) is 13.1. The molecule has 2 heterocycles. The minimum atomic E-state index is -0.157. The standard InChI is InChI=1S/C20H24N2O4S/c1-25-16-10-14(11-17(12-16)26-2)20(24)21-15-5-7-22(8-6-15)19(23)13-18-4-3-9-27-18/h3-4,9-12,15H,5-8,13H2,1-2H3,(H,21,24). The highest BCUT2D eigenvalue weighted by molar-refractivity contribution is 7.10. The molecule has 0 bridgehead atoms. The molecular weight excluding hydrogens is 364 g/mol. The topological polar surface area (TPSA) is 67.9 Å². The molecule has 6 nitrogen and oxygen atoms in total. The molecule has 1 aliphatic heterocycles. The summed E-state index contributed by atoms with van der Waals surface area (Å²) in [7, 11) is 3.11. The van der Waals surface area contributed by atoms with Crippen LogP contribution in [-0.4, -0.2) is 50.1 Å². The molecule has 2 aromatic rings. The maximum atomic E-state index is 12.6. The molecule has 0 saturated carbocycles. The fraction of sp³-hybridized carbons (Fsp3) is 0.400. The smallest absolute Gasteiger partial charge is 0.251 e. The van der Waals surface area contributed by atoms with E-state index < -0.39 is 0 Å². The largest absolute Gasteiger partial charge is 0.497 e. The van der Waals surface area contributed by atoms with Gasteiger partial charge in [-0.15, -0.1) is 11.3 Å². The van der Waals surface area contributed by atoms with Crippen LogP contribution in [0, 0.1) is 0 Å². The van der Waals surface area contributed by atoms with Crippen molar-refractivity contribution in [3.05, 3.63) is 46.2 Å². The molecule has 2 amide bonds. The third-order valence-corrected chi connectivity index (χ3v) is 5.58. The van der Waals surface area contributed by atoms with Crippen LogP contribution in [0.4, 0.5) is 0 Å². The van der Waals surface area contributed by atoms with Crippen molar-refractivity contribution >= 4 is 23.2 Å². The number of piperidine rings is 1. The monoisotopic (exact) mass is 388 g/mol. The van der Waals surface area contributed by atoms with Crippen LogP contribution in [0.1, 0.15) is 28.1 Å². The predicted molar refractivity (Wildman–Crippen MR) is 105 cm³/mol. The Bertz CT molecular complexity index is 761. The highest BCUT2D eigenvalue weighted by Crippen LogP contribution is 2.23. The fourth-order valence-corrected chi connectivity index (χ4v) is 3.85. The van der Waals surface area contributed by atoms with Crippen molar-refractivity contribution in [3.8, 4) is 11.5 Å². The normalized spacial score (nSPS) is 14.7. The van der Waals surface area contributed by atoms with Gasteiger partial charge in [0.2, 0.25) is 5.91 Å². The molecule has 1 aliphatic rings. The number of thiophene rings is 1. The van der Waals surface area contributed by atoms with Gasteiger partial charge in [0.05, 0.1) is 20.6 Å². The number of nitrogens with one attached hydrogen (secondary N) is 1. The maximum Gasteiger partial charge on any atom is 0.251 e. The van der Waals surface area contributed by atoms with E-state index in [1.165, 1.54) is 0 Å². The van der Waals surface area contributed by atoms with Crippen LogP contribution in [0.25, 0.3) is 0 Å². The Kier molecular flexibility index (Phi) is 6.34. The Labute approximate surface area is 163 Å². The second-order valence-electron chi connectivity index (χ2n) is 6.49. The van der Waals surface area contributed by atoms with Crippen molar-refractivity contribution in [3.63, 3.8) is 0 Å². The number of rotatable bonds is 6. The Morgan fingerprint density at radius 3 is 2.37 bits per heavy atom. The summed E-state index contributed by atoms with van der Waals surface area (Å²) >= 11 is 1.60. The van der Waals surface area contributed by atoms with Crippen LogP contribution in [0.5, 0.6) is 11.5 Å². The lowest BCUT2D eigenvalue weighted by atomic mass is 10.0. The Hall–Kier alpha value is -2.54. The van der Waals surface area contributed by atoms with Gasteiger partial charge in [0.15, 0.2) is 0 Å². The van der Waals surface area contributed by atoms with Crippen molar-refractivity contribution in [2.75, 3.05) is 27.3 Å². The van der Waals surface area contributed by atoms with Gasteiger partial charge in [0.25, 0.3) is 5.91 Å². The van der Waals surface area contributed by atoms with E-state index >= 15 is 0 Å². The number of hydrogen-bond acceptors (Lipinski definition) is 5. The van der Waals surface area contributed by atoms with Crippen molar-refractivity contribution in [2.24, 2.45) is 0 Å². The number of amides is 2. The Balaban J connectivity index is 1.53. The van der Waals surface area contributed by atoms with Gasteiger partial charge < -0.3 is 19.7 Å². The molecule has 0 radical (unpaired) electrons. The van der Waals surface area contributed by atoms with E-state index in [1.54, 1.807) is 43.8 Å². The minimum Gasteiger partial charge on any atom is -0.497 e. The summed E-state index contributed by atoms with van der Waals surface area (Å²) in [6.07, 6.45) is 1.96. The number of hydrogen-bond donors (Lipinski definition) is 1. The fourth-order valence-electron chi connectivity index (χ4n) is 3.15. The van der Waals surface area contributed by atoms with Gasteiger partial charge in [-0.25, -0.2) is 0 Å². The van der Waals surface area contributed by atoms with Crippen LogP contribution >= 0.6 is 11.3 Å². The zero-order valence-electron chi connectivity index (χ0n) is 15.6. The van der Waals surface area contributed by atoms with Gasteiger partial charge in [-0.05, 0) is 36.4 Å². The zero-order chi connectivity index (χ0) is 19.2. The first-order valence-electron chi connectivity index (χ1n) is 8.93. The van der Waals surface area contributed by atoms with Crippen LogP contribution in [0.15, 0.2) is 35.7 Å². The van der Waals surface area contributed by atoms with E-state index in [0.717, 1.165) is 17.7 Å². The molecule has 1 aromatic carbocycles. The van der Waals surface area contributed by atoms with Crippen molar-refractivity contribution in [1.82, 2.24) is 10.2 Å². The van der Waals surface area contributed by atoms with Crippen LogP contribution in [-0.2, 0) is 11.2 Å². The molecule has 27 heavy (non-hydrogen) atoms. The van der Waals surface area contributed by atoms with E-state index in [2.05, 4.69) is 5.32 Å². The minimum absolute atomic E-state index is 0.0560. The number of carbonyl (C=O) groups is 2. The molecule has 0 spiro atoms. The van der Waals surface area contributed by atoms with E-state index in [0.29, 0.717) is 36.6 Å². The quantitative estimate of drug-likeness (QED) is 0.826. The maximum absolute atomic E-state index is 12.6. The van der Waals surface area contributed by atoms with Crippen LogP contribution in [0.3, 0.4) is 0 Å². The molecule has 0 atom stereocenters. The molecule has 3 rings (SSSR count). The predicted octanol–water partition coefficient (Wildman–Crippen LogP) is 2.73. The number of ether oxygens (including phenoxy) is 2. The first kappa shape index (κ1) is 19.2. The lowest BCUT2D eigenvalue weighted by molar-refractivity contribution is -0.131. The lowest BCUT2D eigenvalue weighted by Gasteiger charge is -2.32. The lowest BCUT2D eigenvalue weighted by Crippen LogP contribution is -2.46. The summed E-state index contributed by atoms with van der Waals surface area (Å²) in [6, 6.07) is 9.12. The van der Waals surface area contributed by atoms with E-state index in [1.807, 2.05) is 22.4 Å². The van der Waals surface area contributed by atoms with Crippen molar-refractivity contribution in [2.45, 2.75) is 25.3 Å². The Morgan fingerprint density at radius 2 is 1.81 bits per heavy atom. The van der Waals surface area contributed by atoms with Crippen molar-refractivity contribution < 1.29 is 19.1 Å². The average molecular weight is 388 g/mol. The van der Waals surface area contributed by atoms with Gasteiger partial charge in [-0.3, -0.25) is 9.59 Å². The number of carbonyl (C=O) groups excluding carboxylic acids is 2. The van der Waals surface area contributed by atoms with E-state index in [9.17, 15) is 9.59 Å². The van der Waals surface area contributed by atoms with Crippen molar-refractivity contribution in [1.29, 1.82) is 0 Å². The van der Waals surface area contributed by atoms with Gasteiger partial charge in [0.1, 0.15) is 11.5 Å². The molecule has 144 valence electrons.